The number of anilines is 1. The third-order valence-corrected chi connectivity index (χ3v) is 4.04. The average molecular weight is 294 g/mol. The van der Waals surface area contributed by atoms with Gasteiger partial charge < -0.3 is 10.5 Å². The number of hydrogen-bond acceptors (Lipinski definition) is 3. The summed E-state index contributed by atoms with van der Waals surface area (Å²) in [5, 5.41) is 0.724. The molecule has 2 N–H and O–H groups in total. The van der Waals surface area contributed by atoms with Crippen molar-refractivity contribution >= 4 is 29.1 Å². The number of para-hydroxylation sites is 1. The van der Waals surface area contributed by atoms with Crippen molar-refractivity contribution in [3.8, 4) is 5.75 Å². The van der Waals surface area contributed by atoms with Gasteiger partial charge in [-0.3, -0.25) is 0 Å². The normalized spacial score (nSPS) is 10.7. The summed E-state index contributed by atoms with van der Waals surface area (Å²) in [6.07, 6.45) is 0.0999. The van der Waals surface area contributed by atoms with Gasteiger partial charge in [0.15, 0.2) is 0 Å². The van der Waals surface area contributed by atoms with Gasteiger partial charge in [-0.15, -0.1) is 0 Å². The minimum absolute atomic E-state index is 0.0999. The van der Waals surface area contributed by atoms with E-state index in [4.69, 9.17) is 22.1 Å². The van der Waals surface area contributed by atoms with E-state index in [0.29, 0.717) is 11.4 Å². The van der Waals surface area contributed by atoms with Crippen molar-refractivity contribution in [3.63, 3.8) is 0 Å². The van der Waals surface area contributed by atoms with Gasteiger partial charge >= 0.3 is 0 Å². The lowest BCUT2D eigenvalue weighted by atomic mass is 10.3. The zero-order valence-corrected chi connectivity index (χ0v) is 12.5. The summed E-state index contributed by atoms with van der Waals surface area (Å²) >= 11 is 7.70. The van der Waals surface area contributed by atoms with Gasteiger partial charge in [-0.2, -0.15) is 0 Å². The second-order valence-corrected chi connectivity index (χ2v) is 5.86. The molecule has 0 unspecified atom stereocenters. The Labute approximate surface area is 122 Å². The van der Waals surface area contributed by atoms with Crippen molar-refractivity contribution in [2.75, 3.05) is 5.73 Å². The molecule has 0 saturated carbocycles. The first-order valence-corrected chi connectivity index (χ1v) is 7.25. The Kier molecular flexibility index (Phi) is 4.61. The molecule has 2 aromatic carbocycles. The summed E-state index contributed by atoms with van der Waals surface area (Å²) < 4.78 is 5.68. The van der Waals surface area contributed by atoms with Gasteiger partial charge in [0.25, 0.3) is 0 Å². The fraction of sp³-hybridized carbons (Fsp3) is 0.200. The Balaban J connectivity index is 2.28. The van der Waals surface area contributed by atoms with E-state index in [0.717, 1.165) is 14.8 Å². The maximum absolute atomic E-state index is 6.16. The largest absolute Gasteiger partial charge is 0.489 e. The van der Waals surface area contributed by atoms with Crippen LogP contribution in [-0.2, 0) is 0 Å². The SMILES string of the molecule is CC(C)Oc1cccc(Sc2ccccc2Cl)c1N. The first-order valence-electron chi connectivity index (χ1n) is 6.05. The second-order valence-electron chi connectivity index (χ2n) is 4.37. The number of hydrogen-bond donors (Lipinski definition) is 1. The van der Waals surface area contributed by atoms with E-state index in [9.17, 15) is 0 Å². The average Bonchev–Trinajstić information content (AvgIpc) is 2.36. The van der Waals surface area contributed by atoms with Crippen molar-refractivity contribution in [2.24, 2.45) is 0 Å². The Morgan fingerprint density at radius 3 is 2.42 bits per heavy atom. The molecule has 0 amide bonds. The molecular formula is C15H16ClNOS. The number of nitrogens with two attached hydrogens (primary N) is 1. The third kappa shape index (κ3) is 3.58. The zero-order valence-electron chi connectivity index (χ0n) is 10.9. The van der Waals surface area contributed by atoms with Crippen LogP contribution in [0.15, 0.2) is 52.3 Å². The minimum atomic E-state index is 0.0999. The predicted octanol–water partition coefficient (Wildman–Crippen LogP) is 4.86. The lowest BCUT2D eigenvalue weighted by Gasteiger charge is -2.14. The highest BCUT2D eigenvalue weighted by Crippen LogP contribution is 2.39. The Morgan fingerprint density at radius 2 is 1.74 bits per heavy atom. The van der Waals surface area contributed by atoms with E-state index in [-0.39, 0.29) is 6.10 Å². The third-order valence-electron chi connectivity index (χ3n) is 2.45. The Morgan fingerprint density at radius 1 is 1.05 bits per heavy atom. The van der Waals surface area contributed by atoms with Crippen LogP contribution in [0.25, 0.3) is 0 Å². The molecule has 0 aliphatic carbocycles. The van der Waals surface area contributed by atoms with E-state index in [1.54, 1.807) is 11.8 Å². The van der Waals surface area contributed by atoms with Crippen molar-refractivity contribution in [3.05, 3.63) is 47.5 Å². The molecular weight excluding hydrogens is 278 g/mol. The van der Waals surface area contributed by atoms with Crippen LogP contribution >= 0.6 is 23.4 Å². The standard InChI is InChI=1S/C15H16ClNOS/c1-10(2)18-12-7-5-9-14(15(12)17)19-13-8-4-3-6-11(13)16/h3-10H,17H2,1-2H3. The van der Waals surface area contributed by atoms with Crippen molar-refractivity contribution < 1.29 is 4.74 Å². The molecule has 0 fully saturated rings. The molecule has 0 atom stereocenters. The quantitative estimate of drug-likeness (QED) is 0.818. The molecule has 0 heterocycles. The van der Waals surface area contributed by atoms with E-state index in [1.807, 2.05) is 56.3 Å². The molecule has 2 nitrogen and oxygen atoms in total. The summed E-state index contributed by atoms with van der Waals surface area (Å²) in [4.78, 5) is 1.93. The topological polar surface area (TPSA) is 35.2 Å². The maximum Gasteiger partial charge on any atom is 0.143 e. The van der Waals surface area contributed by atoms with Gasteiger partial charge in [0.05, 0.1) is 16.8 Å². The molecule has 0 aromatic heterocycles. The molecule has 0 aliphatic heterocycles. The number of benzene rings is 2. The lowest BCUT2D eigenvalue weighted by Crippen LogP contribution is -2.07. The summed E-state index contributed by atoms with van der Waals surface area (Å²) in [5.41, 5.74) is 6.79. The Bertz CT molecular complexity index is 572. The zero-order chi connectivity index (χ0) is 13.8. The lowest BCUT2D eigenvalue weighted by molar-refractivity contribution is 0.243. The molecule has 0 bridgehead atoms. The van der Waals surface area contributed by atoms with Gasteiger partial charge in [-0.05, 0) is 38.1 Å². The van der Waals surface area contributed by atoms with Crippen LogP contribution in [0.3, 0.4) is 0 Å². The van der Waals surface area contributed by atoms with Gasteiger partial charge in [-0.25, -0.2) is 0 Å². The van der Waals surface area contributed by atoms with Crippen LogP contribution in [-0.4, -0.2) is 6.10 Å². The number of rotatable bonds is 4. The maximum atomic E-state index is 6.16. The molecule has 2 rings (SSSR count). The van der Waals surface area contributed by atoms with Crippen LogP contribution in [0.1, 0.15) is 13.8 Å². The van der Waals surface area contributed by atoms with Crippen LogP contribution in [0.2, 0.25) is 5.02 Å². The summed E-state index contributed by atoms with van der Waals surface area (Å²) in [6, 6.07) is 13.5. The molecule has 4 heteroatoms. The minimum Gasteiger partial charge on any atom is -0.489 e. The molecule has 100 valence electrons. The Hall–Kier alpha value is -1.32. The molecule has 0 saturated heterocycles. The van der Waals surface area contributed by atoms with Crippen LogP contribution in [0, 0.1) is 0 Å². The van der Waals surface area contributed by atoms with Crippen LogP contribution in [0.4, 0.5) is 5.69 Å². The summed E-state index contributed by atoms with van der Waals surface area (Å²) in [7, 11) is 0. The summed E-state index contributed by atoms with van der Waals surface area (Å²) in [6.45, 7) is 3.96. The molecule has 0 spiro atoms. The molecule has 0 radical (unpaired) electrons. The monoisotopic (exact) mass is 293 g/mol. The summed E-state index contributed by atoms with van der Waals surface area (Å²) in [5.74, 6) is 0.715. The second kappa shape index (κ2) is 6.22. The van der Waals surface area contributed by atoms with Crippen LogP contribution in [0.5, 0.6) is 5.75 Å². The number of halogens is 1. The first kappa shape index (κ1) is 14.1. The fourth-order valence-electron chi connectivity index (χ4n) is 1.62. The van der Waals surface area contributed by atoms with E-state index in [1.165, 1.54) is 0 Å². The molecule has 19 heavy (non-hydrogen) atoms. The smallest absolute Gasteiger partial charge is 0.143 e. The van der Waals surface area contributed by atoms with Crippen molar-refractivity contribution in [2.45, 2.75) is 29.7 Å². The van der Waals surface area contributed by atoms with Crippen LogP contribution < -0.4 is 10.5 Å². The van der Waals surface area contributed by atoms with E-state index in [2.05, 4.69) is 0 Å². The highest BCUT2D eigenvalue weighted by atomic mass is 35.5. The van der Waals surface area contributed by atoms with Crippen molar-refractivity contribution in [1.29, 1.82) is 0 Å². The van der Waals surface area contributed by atoms with Gasteiger partial charge in [0.2, 0.25) is 0 Å². The van der Waals surface area contributed by atoms with Gasteiger partial charge in [0, 0.05) is 9.79 Å². The molecule has 2 aromatic rings. The first-order chi connectivity index (χ1) is 9.08. The van der Waals surface area contributed by atoms with E-state index < -0.39 is 0 Å². The van der Waals surface area contributed by atoms with Crippen molar-refractivity contribution in [1.82, 2.24) is 0 Å². The van der Waals surface area contributed by atoms with Gasteiger partial charge in [0.1, 0.15) is 5.75 Å². The predicted molar refractivity (Wildman–Crippen MR) is 82.2 cm³/mol. The molecule has 0 aliphatic rings. The highest BCUT2D eigenvalue weighted by molar-refractivity contribution is 7.99. The van der Waals surface area contributed by atoms with E-state index >= 15 is 0 Å². The number of ether oxygens (including phenoxy) is 1. The highest BCUT2D eigenvalue weighted by Gasteiger charge is 2.10. The number of nitrogen functional groups attached to an aromatic ring is 1. The fourth-order valence-corrected chi connectivity index (χ4v) is 2.77. The van der Waals surface area contributed by atoms with Gasteiger partial charge in [-0.1, -0.05) is 41.6 Å².